The van der Waals surface area contributed by atoms with E-state index in [0.29, 0.717) is 17.9 Å². The maximum Gasteiger partial charge on any atom is 0.338 e. The molecular weight excluding hydrogens is 252 g/mol. The zero-order valence-corrected chi connectivity index (χ0v) is 12.4. The quantitative estimate of drug-likeness (QED) is 0.641. The average molecular weight is 276 g/mol. The molecule has 0 bridgehead atoms. The second kappa shape index (κ2) is 6.64. The zero-order chi connectivity index (χ0) is 14.5. The fraction of sp³-hybridized carbons (Fsp3) is 0.562. The van der Waals surface area contributed by atoms with Crippen molar-refractivity contribution < 1.29 is 9.53 Å². The second-order valence-electron chi connectivity index (χ2n) is 5.33. The van der Waals surface area contributed by atoms with Crippen LogP contribution in [0.3, 0.4) is 0 Å². The van der Waals surface area contributed by atoms with Gasteiger partial charge in [0.2, 0.25) is 0 Å². The van der Waals surface area contributed by atoms with Crippen molar-refractivity contribution in [2.45, 2.75) is 33.1 Å². The van der Waals surface area contributed by atoms with Crippen molar-refractivity contribution in [3.8, 4) is 0 Å². The summed E-state index contributed by atoms with van der Waals surface area (Å²) in [4.78, 5) is 14.0. The van der Waals surface area contributed by atoms with Gasteiger partial charge in [0.25, 0.3) is 0 Å². The first-order chi connectivity index (χ1) is 9.65. The standard InChI is InChI=1S/C16H24N2O2/c1-3-18(11-12-6-5-7-12)15-9-8-13(10-14(15)17)16(19)20-4-2/h8-10,12H,3-7,11,17H2,1-2H3. The van der Waals surface area contributed by atoms with Crippen molar-refractivity contribution in [3.05, 3.63) is 23.8 Å². The Morgan fingerprint density at radius 1 is 1.40 bits per heavy atom. The van der Waals surface area contributed by atoms with E-state index in [1.165, 1.54) is 19.3 Å². The van der Waals surface area contributed by atoms with Gasteiger partial charge >= 0.3 is 5.97 Å². The second-order valence-corrected chi connectivity index (χ2v) is 5.33. The van der Waals surface area contributed by atoms with Gasteiger partial charge in [-0.25, -0.2) is 4.79 Å². The molecule has 0 saturated heterocycles. The Balaban J connectivity index is 2.12. The van der Waals surface area contributed by atoms with Crippen molar-refractivity contribution in [1.29, 1.82) is 0 Å². The highest BCUT2D eigenvalue weighted by atomic mass is 16.5. The lowest BCUT2D eigenvalue weighted by atomic mass is 9.85. The lowest BCUT2D eigenvalue weighted by molar-refractivity contribution is 0.0526. The first kappa shape index (κ1) is 14.7. The zero-order valence-electron chi connectivity index (χ0n) is 12.4. The molecule has 1 aromatic rings. The number of carbonyl (C=O) groups is 1. The van der Waals surface area contributed by atoms with Crippen LogP contribution in [0.4, 0.5) is 11.4 Å². The minimum Gasteiger partial charge on any atom is -0.462 e. The highest BCUT2D eigenvalue weighted by molar-refractivity contribution is 5.92. The highest BCUT2D eigenvalue weighted by Gasteiger charge is 2.21. The van der Waals surface area contributed by atoms with E-state index >= 15 is 0 Å². The number of esters is 1. The lowest BCUT2D eigenvalue weighted by Crippen LogP contribution is -2.32. The minimum absolute atomic E-state index is 0.312. The van der Waals surface area contributed by atoms with Gasteiger partial charge in [0.1, 0.15) is 0 Å². The molecule has 1 aliphatic carbocycles. The Kier molecular flexibility index (Phi) is 4.88. The summed E-state index contributed by atoms with van der Waals surface area (Å²) in [5.41, 5.74) is 8.31. The molecule has 110 valence electrons. The van der Waals surface area contributed by atoms with E-state index in [1.807, 2.05) is 6.07 Å². The molecule has 0 radical (unpaired) electrons. The largest absolute Gasteiger partial charge is 0.462 e. The van der Waals surface area contributed by atoms with E-state index in [9.17, 15) is 4.79 Å². The van der Waals surface area contributed by atoms with Gasteiger partial charge < -0.3 is 15.4 Å². The van der Waals surface area contributed by atoms with Crippen LogP contribution in [0.25, 0.3) is 0 Å². The summed E-state index contributed by atoms with van der Waals surface area (Å²) in [5.74, 6) is 0.479. The summed E-state index contributed by atoms with van der Waals surface area (Å²) in [5, 5.41) is 0. The maximum atomic E-state index is 11.7. The predicted octanol–water partition coefficient (Wildman–Crippen LogP) is 3.07. The number of rotatable bonds is 6. The van der Waals surface area contributed by atoms with E-state index in [1.54, 1.807) is 19.1 Å². The SMILES string of the molecule is CCOC(=O)c1ccc(N(CC)CC2CCC2)c(N)c1. The number of anilines is 2. The van der Waals surface area contributed by atoms with Gasteiger partial charge in [-0.15, -0.1) is 0 Å². The highest BCUT2D eigenvalue weighted by Crippen LogP contribution is 2.31. The summed E-state index contributed by atoms with van der Waals surface area (Å²) in [6.45, 7) is 6.30. The van der Waals surface area contributed by atoms with Crippen LogP contribution in [0.2, 0.25) is 0 Å². The number of benzene rings is 1. The minimum atomic E-state index is -0.312. The topological polar surface area (TPSA) is 55.6 Å². The molecule has 1 aromatic carbocycles. The molecule has 2 rings (SSSR count). The van der Waals surface area contributed by atoms with Crippen LogP contribution in [-0.2, 0) is 4.74 Å². The molecule has 20 heavy (non-hydrogen) atoms. The van der Waals surface area contributed by atoms with E-state index < -0.39 is 0 Å². The van der Waals surface area contributed by atoms with Crippen LogP contribution in [0, 0.1) is 5.92 Å². The van der Waals surface area contributed by atoms with Gasteiger partial charge in [-0.2, -0.15) is 0 Å². The maximum absolute atomic E-state index is 11.7. The van der Waals surface area contributed by atoms with Gasteiger partial charge in [-0.05, 0) is 50.8 Å². The molecule has 0 unspecified atom stereocenters. The summed E-state index contributed by atoms with van der Waals surface area (Å²) in [7, 11) is 0. The fourth-order valence-corrected chi connectivity index (χ4v) is 2.57. The van der Waals surface area contributed by atoms with E-state index in [2.05, 4.69) is 11.8 Å². The third kappa shape index (κ3) is 3.24. The van der Waals surface area contributed by atoms with Crippen LogP contribution in [0.15, 0.2) is 18.2 Å². The molecule has 2 N–H and O–H groups in total. The number of nitrogens with two attached hydrogens (primary N) is 1. The Bertz CT molecular complexity index is 470. The van der Waals surface area contributed by atoms with Gasteiger partial charge in [-0.3, -0.25) is 0 Å². The van der Waals surface area contributed by atoms with Crippen molar-refractivity contribution in [2.75, 3.05) is 30.3 Å². The van der Waals surface area contributed by atoms with Crippen LogP contribution in [0.5, 0.6) is 0 Å². The predicted molar refractivity (Wildman–Crippen MR) is 82.0 cm³/mol. The van der Waals surface area contributed by atoms with Gasteiger partial charge in [0.05, 0.1) is 23.5 Å². The van der Waals surface area contributed by atoms with Gasteiger partial charge in [-0.1, -0.05) is 6.42 Å². The number of ether oxygens (including phenoxy) is 1. The Labute approximate surface area is 120 Å². The van der Waals surface area contributed by atoms with Crippen LogP contribution in [-0.4, -0.2) is 25.7 Å². The van der Waals surface area contributed by atoms with E-state index in [4.69, 9.17) is 10.5 Å². The lowest BCUT2D eigenvalue weighted by Gasteiger charge is -2.33. The number of hydrogen-bond donors (Lipinski definition) is 1. The van der Waals surface area contributed by atoms with Crippen molar-refractivity contribution >= 4 is 17.3 Å². The molecule has 1 fully saturated rings. The molecule has 0 aromatic heterocycles. The molecule has 0 atom stereocenters. The number of nitrogen functional groups attached to an aromatic ring is 1. The van der Waals surface area contributed by atoms with Crippen LogP contribution in [0.1, 0.15) is 43.5 Å². The van der Waals surface area contributed by atoms with Crippen molar-refractivity contribution in [2.24, 2.45) is 5.92 Å². The molecule has 0 spiro atoms. The number of carbonyl (C=O) groups excluding carboxylic acids is 1. The molecule has 0 heterocycles. The fourth-order valence-electron chi connectivity index (χ4n) is 2.57. The summed E-state index contributed by atoms with van der Waals surface area (Å²) in [6, 6.07) is 5.45. The molecule has 0 aliphatic heterocycles. The molecule has 1 saturated carbocycles. The summed E-state index contributed by atoms with van der Waals surface area (Å²) < 4.78 is 4.99. The Morgan fingerprint density at radius 3 is 2.65 bits per heavy atom. The van der Waals surface area contributed by atoms with Gasteiger partial charge in [0.15, 0.2) is 0 Å². The van der Waals surface area contributed by atoms with Gasteiger partial charge in [0, 0.05) is 13.1 Å². The normalized spacial score (nSPS) is 14.7. The monoisotopic (exact) mass is 276 g/mol. The van der Waals surface area contributed by atoms with E-state index in [0.717, 1.165) is 24.7 Å². The first-order valence-electron chi connectivity index (χ1n) is 7.47. The smallest absolute Gasteiger partial charge is 0.338 e. The third-order valence-corrected chi connectivity index (χ3v) is 3.96. The molecule has 1 aliphatic rings. The Hall–Kier alpha value is -1.71. The summed E-state index contributed by atoms with van der Waals surface area (Å²) >= 11 is 0. The van der Waals surface area contributed by atoms with Crippen molar-refractivity contribution in [3.63, 3.8) is 0 Å². The molecule has 4 heteroatoms. The van der Waals surface area contributed by atoms with E-state index in [-0.39, 0.29) is 5.97 Å². The molecular formula is C16H24N2O2. The Morgan fingerprint density at radius 2 is 2.15 bits per heavy atom. The molecule has 0 amide bonds. The van der Waals surface area contributed by atoms with Crippen molar-refractivity contribution in [1.82, 2.24) is 0 Å². The number of nitrogens with zero attached hydrogens (tertiary/aromatic N) is 1. The average Bonchev–Trinajstić information content (AvgIpc) is 2.39. The molecule has 4 nitrogen and oxygen atoms in total. The summed E-state index contributed by atoms with van der Waals surface area (Å²) in [6.07, 6.45) is 3.98. The number of hydrogen-bond acceptors (Lipinski definition) is 4. The third-order valence-electron chi connectivity index (χ3n) is 3.96. The van der Waals surface area contributed by atoms with Crippen LogP contribution >= 0.6 is 0 Å². The van der Waals surface area contributed by atoms with Crippen LogP contribution < -0.4 is 10.6 Å². The first-order valence-corrected chi connectivity index (χ1v) is 7.47.